The quantitative estimate of drug-likeness (QED) is 0.842. The molecule has 25 heavy (non-hydrogen) atoms. The highest BCUT2D eigenvalue weighted by Crippen LogP contribution is 2.21. The lowest BCUT2D eigenvalue weighted by Gasteiger charge is -2.34. The average molecular weight is 345 g/mol. The highest BCUT2D eigenvalue weighted by atomic mass is 16.6. The van der Waals surface area contributed by atoms with Gasteiger partial charge in [0.25, 0.3) is 0 Å². The van der Waals surface area contributed by atoms with Crippen LogP contribution in [0.5, 0.6) is 0 Å². The summed E-state index contributed by atoms with van der Waals surface area (Å²) in [5, 5.41) is 4.00. The van der Waals surface area contributed by atoms with Crippen LogP contribution < -0.4 is 4.90 Å². The first-order chi connectivity index (χ1) is 12.1. The Bertz CT molecular complexity index is 705. The minimum absolute atomic E-state index is 0.198. The Kier molecular flexibility index (Phi) is 5.16. The summed E-state index contributed by atoms with van der Waals surface area (Å²) in [6, 6.07) is 3.88. The van der Waals surface area contributed by atoms with Crippen molar-refractivity contribution in [3.63, 3.8) is 0 Å². The molecule has 0 saturated carbocycles. The fraction of sp³-hybridized carbons (Fsp3) is 0.529. The first-order valence-corrected chi connectivity index (χ1v) is 8.55. The van der Waals surface area contributed by atoms with E-state index in [4.69, 9.17) is 9.26 Å². The van der Waals surface area contributed by atoms with Crippen LogP contribution in [0, 0.1) is 0 Å². The Hall–Kier alpha value is -2.64. The van der Waals surface area contributed by atoms with Gasteiger partial charge in [0.05, 0.1) is 6.61 Å². The minimum Gasteiger partial charge on any atom is -0.450 e. The molecule has 2 aromatic rings. The normalized spacial score (nSPS) is 14.9. The van der Waals surface area contributed by atoms with E-state index in [1.165, 1.54) is 0 Å². The van der Waals surface area contributed by atoms with Crippen LogP contribution in [0.15, 0.2) is 22.9 Å². The Balaban J connectivity index is 1.62. The summed E-state index contributed by atoms with van der Waals surface area (Å²) in [7, 11) is 0. The number of aromatic nitrogens is 3. The molecule has 0 bridgehead atoms. The maximum atomic E-state index is 11.7. The van der Waals surface area contributed by atoms with E-state index in [-0.39, 0.29) is 12.0 Å². The van der Waals surface area contributed by atoms with Crippen molar-refractivity contribution >= 4 is 11.9 Å². The van der Waals surface area contributed by atoms with Crippen molar-refractivity contribution in [2.45, 2.75) is 26.7 Å². The molecule has 134 valence electrons. The van der Waals surface area contributed by atoms with E-state index in [0.717, 1.165) is 24.5 Å². The van der Waals surface area contributed by atoms with Crippen LogP contribution in [-0.4, -0.2) is 58.9 Å². The molecule has 0 unspecified atom stereocenters. The zero-order valence-corrected chi connectivity index (χ0v) is 14.8. The second-order valence-electron chi connectivity index (χ2n) is 6.19. The lowest BCUT2D eigenvalue weighted by Crippen LogP contribution is -2.49. The van der Waals surface area contributed by atoms with E-state index in [9.17, 15) is 4.79 Å². The second-order valence-corrected chi connectivity index (χ2v) is 6.19. The summed E-state index contributed by atoms with van der Waals surface area (Å²) in [5.41, 5.74) is 0.824. The second kappa shape index (κ2) is 7.50. The Morgan fingerprint density at radius 1 is 1.28 bits per heavy atom. The summed E-state index contributed by atoms with van der Waals surface area (Å²) in [4.78, 5) is 24.5. The maximum Gasteiger partial charge on any atom is 0.409 e. The summed E-state index contributed by atoms with van der Waals surface area (Å²) in [6.07, 6.45) is 1.51. The lowest BCUT2D eigenvalue weighted by atomic mass is 10.2. The monoisotopic (exact) mass is 345 g/mol. The number of piperazine rings is 1. The van der Waals surface area contributed by atoms with Crippen molar-refractivity contribution in [1.82, 2.24) is 20.0 Å². The number of ether oxygens (including phenoxy) is 1. The molecule has 1 aliphatic heterocycles. The minimum atomic E-state index is -0.247. The molecule has 1 fully saturated rings. The van der Waals surface area contributed by atoms with E-state index in [2.05, 4.69) is 20.0 Å². The number of hydrogen-bond donors (Lipinski definition) is 0. The molecule has 0 atom stereocenters. The van der Waals surface area contributed by atoms with Gasteiger partial charge in [0.1, 0.15) is 5.82 Å². The van der Waals surface area contributed by atoms with Gasteiger partial charge in [-0.2, -0.15) is 4.98 Å². The van der Waals surface area contributed by atoms with Crippen molar-refractivity contribution in [1.29, 1.82) is 0 Å². The Labute approximate surface area is 146 Å². The number of carbonyl (C=O) groups excluding carboxylic acids is 1. The molecule has 2 aromatic heterocycles. The predicted molar refractivity (Wildman–Crippen MR) is 92.4 cm³/mol. The molecule has 8 nitrogen and oxygen atoms in total. The molecule has 0 aromatic carbocycles. The van der Waals surface area contributed by atoms with Gasteiger partial charge < -0.3 is 19.1 Å². The third-order valence-electron chi connectivity index (χ3n) is 4.07. The van der Waals surface area contributed by atoms with Crippen molar-refractivity contribution < 1.29 is 14.1 Å². The summed E-state index contributed by atoms with van der Waals surface area (Å²) >= 11 is 0. The van der Waals surface area contributed by atoms with Crippen LogP contribution in [0.25, 0.3) is 11.4 Å². The lowest BCUT2D eigenvalue weighted by molar-refractivity contribution is 0.105. The molecule has 3 rings (SSSR count). The number of nitrogens with zero attached hydrogens (tertiary/aromatic N) is 5. The molecule has 0 N–H and O–H groups in total. The number of amides is 1. The SMILES string of the molecule is CCOC(=O)N1CCN(c2ccc(-c3noc(C(C)C)n3)cn2)CC1. The maximum absolute atomic E-state index is 11.7. The molecule has 1 amide bonds. The van der Waals surface area contributed by atoms with E-state index in [1.54, 1.807) is 11.1 Å². The number of anilines is 1. The van der Waals surface area contributed by atoms with Crippen molar-refractivity contribution in [3.8, 4) is 11.4 Å². The summed E-state index contributed by atoms with van der Waals surface area (Å²) in [5.74, 6) is 2.24. The highest BCUT2D eigenvalue weighted by Gasteiger charge is 2.22. The molecule has 0 aliphatic carbocycles. The zero-order valence-electron chi connectivity index (χ0n) is 14.8. The van der Waals surface area contributed by atoms with E-state index < -0.39 is 0 Å². The van der Waals surface area contributed by atoms with Gasteiger partial charge >= 0.3 is 6.09 Å². The van der Waals surface area contributed by atoms with Crippen LogP contribution in [0.4, 0.5) is 10.6 Å². The molecule has 1 aliphatic rings. The number of rotatable bonds is 4. The zero-order chi connectivity index (χ0) is 17.8. The molecule has 0 radical (unpaired) electrons. The first kappa shape index (κ1) is 17.2. The average Bonchev–Trinajstić information content (AvgIpc) is 3.13. The van der Waals surface area contributed by atoms with Gasteiger partial charge in [-0.1, -0.05) is 19.0 Å². The van der Waals surface area contributed by atoms with Gasteiger partial charge in [-0.05, 0) is 19.1 Å². The fourth-order valence-corrected chi connectivity index (χ4v) is 2.63. The predicted octanol–water partition coefficient (Wildman–Crippen LogP) is 2.53. The molecular weight excluding hydrogens is 322 g/mol. The molecule has 8 heteroatoms. The third kappa shape index (κ3) is 3.89. The van der Waals surface area contributed by atoms with Crippen LogP contribution in [0.3, 0.4) is 0 Å². The number of hydrogen-bond acceptors (Lipinski definition) is 7. The first-order valence-electron chi connectivity index (χ1n) is 8.55. The fourth-order valence-electron chi connectivity index (χ4n) is 2.63. The van der Waals surface area contributed by atoms with Crippen LogP contribution >= 0.6 is 0 Å². The molecule has 0 spiro atoms. The standard InChI is InChI=1S/C17H23N5O3/c1-4-24-17(23)22-9-7-21(8-10-22)14-6-5-13(11-18-14)15-19-16(12(2)3)25-20-15/h5-6,11-12H,4,7-10H2,1-3H3. The molecule has 1 saturated heterocycles. The number of carbonyl (C=O) groups is 1. The third-order valence-corrected chi connectivity index (χ3v) is 4.07. The Morgan fingerprint density at radius 2 is 2.04 bits per heavy atom. The van der Waals surface area contributed by atoms with Gasteiger partial charge in [-0.25, -0.2) is 9.78 Å². The van der Waals surface area contributed by atoms with E-state index in [0.29, 0.717) is 31.4 Å². The van der Waals surface area contributed by atoms with Crippen LogP contribution in [0.2, 0.25) is 0 Å². The van der Waals surface area contributed by atoms with E-state index >= 15 is 0 Å². The summed E-state index contributed by atoms with van der Waals surface area (Å²) in [6.45, 7) is 8.94. The topological polar surface area (TPSA) is 84.6 Å². The highest BCUT2D eigenvalue weighted by molar-refractivity contribution is 5.68. The summed E-state index contributed by atoms with van der Waals surface area (Å²) < 4.78 is 10.3. The number of pyridine rings is 1. The van der Waals surface area contributed by atoms with Crippen molar-refractivity contribution in [2.24, 2.45) is 0 Å². The van der Waals surface area contributed by atoms with Gasteiger partial charge in [-0.3, -0.25) is 0 Å². The van der Waals surface area contributed by atoms with Gasteiger partial charge in [0.15, 0.2) is 0 Å². The Morgan fingerprint density at radius 3 is 2.60 bits per heavy atom. The van der Waals surface area contributed by atoms with Gasteiger partial charge in [0.2, 0.25) is 11.7 Å². The smallest absolute Gasteiger partial charge is 0.409 e. The van der Waals surface area contributed by atoms with Gasteiger partial charge in [-0.15, -0.1) is 0 Å². The van der Waals surface area contributed by atoms with E-state index in [1.807, 2.05) is 32.9 Å². The largest absolute Gasteiger partial charge is 0.450 e. The molecule has 3 heterocycles. The van der Waals surface area contributed by atoms with Crippen molar-refractivity contribution in [3.05, 3.63) is 24.2 Å². The van der Waals surface area contributed by atoms with Crippen LogP contribution in [0.1, 0.15) is 32.6 Å². The molecular formula is C17H23N5O3. The van der Waals surface area contributed by atoms with Crippen molar-refractivity contribution in [2.75, 3.05) is 37.7 Å². The van der Waals surface area contributed by atoms with Gasteiger partial charge in [0, 0.05) is 43.9 Å². The van der Waals surface area contributed by atoms with Crippen LogP contribution in [-0.2, 0) is 4.74 Å².